The fourth-order valence-corrected chi connectivity index (χ4v) is 13.0. The summed E-state index contributed by atoms with van der Waals surface area (Å²) in [6.07, 6.45) is 3.16. The molecular weight excluding hydrogens is 593 g/mol. The maximum absolute atomic E-state index is 13.9. The Morgan fingerprint density at radius 2 is 1.48 bits per heavy atom. The lowest BCUT2D eigenvalue weighted by molar-refractivity contribution is -0.348. The van der Waals surface area contributed by atoms with Crippen LogP contribution in [0.25, 0.3) is 0 Å². The highest BCUT2D eigenvalue weighted by Crippen LogP contribution is 2.62. The van der Waals surface area contributed by atoms with Crippen LogP contribution < -0.4 is 10.4 Å². The first-order chi connectivity index (χ1) is 21.9. The van der Waals surface area contributed by atoms with Gasteiger partial charge in [0.25, 0.3) is 8.32 Å². The summed E-state index contributed by atoms with van der Waals surface area (Å²) in [5.74, 6) is -0.950. The third-order valence-corrected chi connectivity index (χ3v) is 15.9. The van der Waals surface area contributed by atoms with Gasteiger partial charge in [-0.3, -0.25) is 4.79 Å². The highest BCUT2D eigenvalue weighted by Gasteiger charge is 2.68. The number of ketones is 1. The van der Waals surface area contributed by atoms with Gasteiger partial charge in [-0.2, -0.15) is 0 Å². The SMILES string of the molecule is CC1(C)OC[C@]23CC[C@](COC(=O)c4ccccc4)(CC2=O)[C@H](CCCO[Si](c2ccccc2)(c2ccccc2)C(C)(C)C)[C@H]3O1. The van der Waals surface area contributed by atoms with E-state index in [0.29, 0.717) is 31.6 Å². The second-order valence-corrected chi connectivity index (χ2v) is 19.4. The molecule has 0 amide bonds. The van der Waals surface area contributed by atoms with E-state index in [1.807, 2.05) is 32.0 Å². The second kappa shape index (κ2) is 12.5. The minimum atomic E-state index is -2.68. The summed E-state index contributed by atoms with van der Waals surface area (Å²) in [6, 6.07) is 30.5. The van der Waals surface area contributed by atoms with E-state index < -0.39 is 24.9 Å². The smallest absolute Gasteiger partial charge is 0.338 e. The largest absolute Gasteiger partial charge is 0.461 e. The van der Waals surface area contributed by atoms with Gasteiger partial charge < -0.3 is 18.6 Å². The molecule has 0 aromatic heterocycles. The number of carbonyl (C=O) groups excluding carboxylic acids is 2. The van der Waals surface area contributed by atoms with Crippen LogP contribution in [0.5, 0.6) is 0 Å². The van der Waals surface area contributed by atoms with Crippen molar-refractivity contribution in [1.29, 1.82) is 0 Å². The van der Waals surface area contributed by atoms with Gasteiger partial charge in [0.05, 0.1) is 30.3 Å². The normalized spacial score (nSPS) is 27.2. The highest BCUT2D eigenvalue weighted by atomic mass is 28.4. The zero-order chi connectivity index (χ0) is 32.6. The van der Waals surface area contributed by atoms with Crippen molar-refractivity contribution in [3.63, 3.8) is 0 Å². The average Bonchev–Trinajstić information content (AvgIpc) is 3.05. The summed E-state index contributed by atoms with van der Waals surface area (Å²) in [7, 11) is -2.68. The molecule has 7 rings (SSSR count). The Balaban J connectivity index is 1.27. The van der Waals surface area contributed by atoms with Crippen LogP contribution in [0.4, 0.5) is 0 Å². The molecule has 3 aromatic rings. The van der Waals surface area contributed by atoms with Crippen LogP contribution in [-0.2, 0) is 23.4 Å². The molecule has 244 valence electrons. The van der Waals surface area contributed by atoms with Gasteiger partial charge in [0.2, 0.25) is 0 Å². The quantitative estimate of drug-likeness (QED) is 0.139. The number of hydrogen-bond donors (Lipinski definition) is 0. The van der Waals surface area contributed by atoms with E-state index in [1.165, 1.54) is 10.4 Å². The molecule has 4 fully saturated rings. The summed E-state index contributed by atoms with van der Waals surface area (Å²) >= 11 is 0. The molecule has 3 saturated carbocycles. The molecule has 1 saturated heterocycles. The fourth-order valence-electron chi connectivity index (χ4n) is 8.44. The van der Waals surface area contributed by atoms with Gasteiger partial charge in [0.15, 0.2) is 5.79 Å². The maximum Gasteiger partial charge on any atom is 0.338 e. The summed E-state index contributed by atoms with van der Waals surface area (Å²) in [6.45, 7) is 11.9. The molecule has 6 nitrogen and oxygen atoms in total. The van der Waals surface area contributed by atoms with Crippen molar-refractivity contribution in [3.8, 4) is 0 Å². The lowest BCUT2D eigenvalue weighted by Crippen LogP contribution is -2.70. The summed E-state index contributed by atoms with van der Waals surface area (Å²) < 4.78 is 26.1. The molecule has 3 aliphatic carbocycles. The number of ether oxygens (including phenoxy) is 3. The minimum Gasteiger partial charge on any atom is -0.461 e. The Kier molecular flexibility index (Phi) is 8.91. The number of rotatable bonds is 10. The summed E-state index contributed by atoms with van der Waals surface area (Å²) in [5, 5.41) is 2.40. The van der Waals surface area contributed by atoms with Crippen LogP contribution in [0.3, 0.4) is 0 Å². The van der Waals surface area contributed by atoms with Crippen LogP contribution in [0.1, 0.15) is 77.1 Å². The molecule has 0 radical (unpaired) electrons. The summed E-state index contributed by atoms with van der Waals surface area (Å²) in [5.41, 5.74) is -0.617. The Hall–Kier alpha value is -3.10. The lowest BCUT2D eigenvalue weighted by atomic mass is 9.46. The topological polar surface area (TPSA) is 71.1 Å². The van der Waals surface area contributed by atoms with E-state index in [2.05, 4.69) is 81.4 Å². The first-order valence-corrected chi connectivity index (χ1v) is 18.7. The van der Waals surface area contributed by atoms with Gasteiger partial charge in [-0.05, 0) is 73.0 Å². The van der Waals surface area contributed by atoms with Crippen LogP contribution in [0.2, 0.25) is 5.04 Å². The van der Waals surface area contributed by atoms with Crippen LogP contribution >= 0.6 is 0 Å². The Bertz CT molecular complexity index is 1480. The van der Waals surface area contributed by atoms with Gasteiger partial charge >= 0.3 is 5.97 Å². The van der Waals surface area contributed by atoms with E-state index in [9.17, 15) is 9.59 Å². The third kappa shape index (κ3) is 5.80. The van der Waals surface area contributed by atoms with Crippen LogP contribution in [-0.4, -0.2) is 51.8 Å². The summed E-state index contributed by atoms with van der Waals surface area (Å²) in [4.78, 5) is 26.9. The van der Waals surface area contributed by atoms with Crippen molar-refractivity contribution < 1.29 is 28.2 Å². The van der Waals surface area contributed by atoms with Gasteiger partial charge in [0, 0.05) is 18.4 Å². The number of esters is 1. The molecule has 1 aliphatic heterocycles. The molecule has 46 heavy (non-hydrogen) atoms. The number of hydrogen-bond acceptors (Lipinski definition) is 6. The van der Waals surface area contributed by atoms with Crippen molar-refractivity contribution in [1.82, 2.24) is 0 Å². The molecule has 0 N–H and O–H groups in total. The monoisotopic (exact) mass is 640 g/mol. The predicted molar refractivity (Wildman–Crippen MR) is 182 cm³/mol. The molecule has 4 aliphatic rings. The Morgan fingerprint density at radius 1 is 0.891 bits per heavy atom. The number of fused-ring (bicyclic) bond motifs is 2. The molecule has 4 atom stereocenters. The Labute approximate surface area is 274 Å². The van der Waals surface area contributed by atoms with Crippen LogP contribution in [0.15, 0.2) is 91.0 Å². The second-order valence-electron chi connectivity index (χ2n) is 15.0. The van der Waals surface area contributed by atoms with Gasteiger partial charge in [-0.15, -0.1) is 0 Å². The fraction of sp³-hybridized carbons (Fsp3) is 0.487. The van der Waals surface area contributed by atoms with Gasteiger partial charge in [-0.1, -0.05) is 99.6 Å². The molecule has 3 aromatic carbocycles. The van der Waals surface area contributed by atoms with E-state index in [0.717, 1.165) is 19.3 Å². The third-order valence-electron chi connectivity index (χ3n) is 10.8. The number of carbonyl (C=O) groups is 2. The molecule has 2 bridgehead atoms. The highest BCUT2D eigenvalue weighted by molar-refractivity contribution is 6.99. The van der Waals surface area contributed by atoms with Crippen molar-refractivity contribution in [2.45, 2.75) is 83.7 Å². The van der Waals surface area contributed by atoms with E-state index >= 15 is 0 Å². The first-order valence-electron chi connectivity index (χ1n) is 16.7. The molecule has 7 heteroatoms. The van der Waals surface area contributed by atoms with E-state index in [-0.39, 0.29) is 35.4 Å². The number of benzene rings is 3. The van der Waals surface area contributed by atoms with Crippen molar-refractivity contribution >= 4 is 30.4 Å². The van der Waals surface area contributed by atoms with Crippen LogP contribution in [0, 0.1) is 16.7 Å². The molecule has 1 spiro atoms. The van der Waals surface area contributed by atoms with E-state index in [4.69, 9.17) is 18.6 Å². The lowest BCUT2D eigenvalue weighted by Gasteiger charge is -2.63. The Morgan fingerprint density at radius 3 is 2.04 bits per heavy atom. The number of Topliss-reactive ketones (excluding diaryl/α,β-unsaturated/α-hetero) is 1. The van der Waals surface area contributed by atoms with Crippen molar-refractivity contribution in [2.75, 3.05) is 19.8 Å². The molecule has 1 heterocycles. The minimum absolute atomic E-state index is 0.0217. The van der Waals surface area contributed by atoms with E-state index in [1.54, 1.807) is 12.1 Å². The molecule has 0 unspecified atom stereocenters. The maximum atomic E-state index is 13.9. The van der Waals surface area contributed by atoms with Gasteiger partial charge in [-0.25, -0.2) is 4.79 Å². The average molecular weight is 641 g/mol. The molecular formula is C39H48O6Si. The predicted octanol–water partition coefficient (Wildman–Crippen LogP) is 6.71. The van der Waals surface area contributed by atoms with Crippen molar-refractivity contribution in [2.24, 2.45) is 16.7 Å². The van der Waals surface area contributed by atoms with Gasteiger partial charge in [0.1, 0.15) is 5.78 Å². The zero-order valence-electron chi connectivity index (χ0n) is 27.9. The standard InChI is InChI=1S/C39H48O6Si/c1-36(2,3)46(30-18-11-7-12-19-30,31-20-13-8-14-21-31)44-25-15-22-32-34-39(28-43-37(4,5)45-34)24-23-38(32,26-33(39)40)27-42-35(41)29-16-9-6-10-17-29/h6-14,16-21,32,34H,15,22-28H2,1-5H3/t32-,34-,38-,39-/m1/s1. The van der Waals surface area contributed by atoms with Crippen molar-refractivity contribution in [3.05, 3.63) is 96.6 Å². The first kappa shape index (κ1) is 32.8. The zero-order valence-corrected chi connectivity index (χ0v) is 28.9.